The van der Waals surface area contributed by atoms with E-state index >= 15 is 0 Å². The fourth-order valence-electron chi connectivity index (χ4n) is 6.00. The molecule has 0 aliphatic carbocycles. The van der Waals surface area contributed by atoms with Gasteiger partial charge in [0, 0.05) is 26.1 Å². The van der Waals surface area contributed by atoms with E-state index in [4.69, 9.17) is 30.4 Å². The average molecular weight is 681 g/mol. The number of nitrogens with two attached hydrogens (primary N) is 2. The number of aliphatic imine (C=N–C) groups is 1. The largest absolute Gasteiger partial charge is 0.370 e. The maximum Gasteiger partial charge on any atom is 0.220 e. The van der Waals surface area contributed by atoms with Crippen LogP contribution in [0.1, 0.15) is 174 Å². The second-order valence-corrected chi connectivity index (χ2v) is 13.6. The Kier molecular flexibility index (Phi) is 31.2. The van der Waals surface area contributed by atoms with E-state index in [2.05, 4.69) is 24.2 Å². The lowest BCUT2D eigenvalue weighted by molar-refractivity contribution is -0.192. The van der Waals surface area contributed by atoms with Gasteiger partial charge in [-0.05, 0) is 25.3 Å². The summed E-state index contributed by atoms with van der Waals surface area (Å²) in [6, 6.07) is 0. The standard InChI is InChI=1S/C39H76N4O5/c1-3-5-7-9-11-13-15-17-19-21-23-25-31-45-34-47-35-28-29-38(46-32-26-30-42-39(40)41)48-36(35)33-43-37(44)27-24-22-20-18-16-14-12-10-8-6-4-2/h28-29,35-36,38H,3-27,30-34H2,1-2H3,(H,43,44)(H4,40,41,42)/t35-,36+,38-/m0/s1. The van der Waals surface area contributed by atoms with Crippen LogP contribution >= 0.6 is 0 Å². The van der Waals surface area contributed by atoms with Crippen molar-refractivity contribution in [2.24, 2.45) is 16.5 Å². The highest BCUT2D eigenvalue weighted by molar-refractivity contribution is 5.76. The first kappa shape index (κ1) is 44.3. The molecule has 0 radical (unpaired) electrons. The molecule has 0 spiro atoms. The van der Waals surface area contributed by atoms with Gasteiger partial charge in [0.05, 0.1) is 6.61 Å². The molecular formula is C39H76N4O5. The van der Waals surface area contributed by atoms with E-state index < -0.39 is 6.29 Å². The third-order valence-corrected chi connectivity index (χ3v) is 9.01. The normalized spacial score (nSPS) is 17.5. The summed E-state index contributed by atoms with van der Waals surface area (Å²) in [4.78, 5) is 16.6. The third-order valence-electron chi connectivity index (χ3n) is 9.01. The topological polar surface area (TPSA) is 130 Å². The molecule has 0 aromatic rings. The monoisotopic (exact) mass is 681 g/mol. The van der Waals surface area contributed by atoms with E-state index in [1.807, 2.05) is 12.2 Å². The van der Waals surface area contributed by atoms with Crippen LogP contribution in [0.2, 0.25) is 0 Å². The summed E-state index contributed by atoms with van der Waals surface area (Å²) in [6.45, 7) is 6.74. The second-order valence-electron chi connectivity index (χ2n) is 13.6. The van der Waals surface area contributed by atoms with Crippen LogP contribution in [0, 0.1) is 0 Å². The van der Waals surface area contributed by atoms with E-state index in [1.54, 1.807) is 0 Å². The Morgan fingerprint density at radius 2 is 1.19 bits per heavy atom. The Morgan fingerprint density at radius 1 is 0.667 bits per heavy atom. The molecule has 5 N–H and O–H groups in total. The summed E-state index contributed by atoms with van der Waals surface area (Å²) in [5, 5.41) is 3.06. The van der Waals surface area contributed by atoms with E-state index in [1.165, 1.54) is 128 Å². The van der Waals surface area contributed by atoms with Gasteiger partial charge in [0.1, 0.15) is 19.0 Å². The molecule has 0 fully saturated rings. The first-order valence-electron chi connectivity index (χ1n) is 20.0. The van der Waals surface area contributed by atoms with E-state index in [0.717, 1.165) is 19.3 Å². The molecule has 0 bridgehead atoms. The summed E-state index contributed by atoms with van der Waals surface area (Å²) in [7, 11) is 0. The summed E-state index contributed by atoms with van der Waals surface area (Å²) in [5.74, 6) is 0.134. The minimum Gasteiger partial charge on any atom is -0.370 e. The number of rotatable bonds is 35. The zero-order chi connectivity index (χ0) is 34.8. The van der Waals surface area contributed by atoms with Crippen molar-refractivity contribution < 1.29 is 23.7 Å². The van der Waals surface area contributed by atoms with E-state index in [9.17, 15) is 4.79 Å². The zero-order valence-corrected chi connectivity index (χ0v) is 31.2. The number of guanidine groups is 1. The maximum absolute atomic E-state index is 12.6. The highest BCUT2D eigenvalue weighted by atomic mass is 16.7. The number of amides is 1. The van der Waals surface area contributed by atoms with Gasteiger partial charge in [-0.1, -0.05) is 155 Å². The summed E-state index contributed by atoms with van der Waals surface area (Å²) >= 11 is 0. The molecule has 0 saturated carbocycles. The van der Waals surface area contributed by atoms with Crippen LogP contribution in [-0.2, 0) is 23.7 Å². The number of hydrogen-bond acceptors (Lipinski definition) is 6. The number of nitrogens with zero attached hydrogens (tertiary/aromatic N) is 1. The molecule has 9 heteroatoms. The number of nitrogens with one attached hydrogen (secondary N) is 1. The van der Waals surface area contributed by atoms with Crippen molar-refractivity contribution in [3.8, 4) is 0 Å². The van der Waals surface area contributed by atoms with Crippen LogP contribution in [0.15, 0.2) is 17.1 Å². The lowest BCUT2D eigenvalue weighted by atomic mass is 10.1. The second kappa shape index (κ2) is 33.8. The number of carbonyl (C=O) groups is 1. The Balaban J connectivity index is 2.26. The van der Waals surface area contributed by atoms with Gasteiger partial charge in [-0.25, -0.2) is 0 Å². The number of ether oxygens (including phenoxy) is 4. The first-order valence-corrected chi connectivity index (χ1v) is 20.0. The van der Waals surface area contributed by atoms with Gasteiger partial charge in [0.2, 0.25) is 5.91 Å². The van der Waals surface area contributed by atoms with E-state index in [-0.39, 0.29) is 30.9 Å². The Hall–Kier alpha value is -1.68. The minimum absolute atomic E-state index is 0.0563. The van der Waals surface area contributed by atoms with E-state index in [0.29, 0.717) is 39.1 Å². The SMILES string of the molecule is CCCCCCCCCCCCCCOCO[C@H]1C=C[C@@H](OCCCN=C(N)N)O[C@@H]1CNC(=O)CCCCCCCCCCCCC. The molecule has 1 aliphatic rings. The van der Waals surface area contributed by atoms with Gasteiger partial charge in [0.15, 0.2) is 12.2 Å². The van der Waals surface area contributed by atoms with Crippen molar-refractivity contribution in [3.63, 3.8) is 0 Å². The van der Waals surface area contributed by atoms with Crippen molar-refractivity contribution in [1.82, 2.24) is 5.32 Å². The summed E-state index contributed by atoms with van der Waals surface area (Å²) in [5.41, 5.74) is 10.8. The Bertz CT molecular complexity index is 777. The molecule has 0 saturated heterocycles. The van der Waals surface area contributed by atoms with Gasteiger partial charge in [-0.15, -0.1) is 0 Å². The third kappa shape index (κ3) is 28.2. The molecule has 48 heavy (non-hydrogen) atoms. The van der Waals surface area contributed by atoms with Gasteiger partial charge < -0.3 is 35.7 Å². The molecule has 282 valence electrons. The fourth-order valence-corrected chi connectivity index (χ4v) is 6.00. The molecule has 0 aromatic heterocycles. The van der Waals surface area contributed by atoms with Crippen molar-refractivity contribution in [3.05, 3.63) is 12.2 Å². The average Bonchev–Trinajstić information content (AvgIpc) is 3.08. The maximum atomic E-state index is 12.6. The molecule has 3 atom stereocenters. The van der Waals surface area contributed by atoms with Crippen molar-refractivity contribution in [2.45, 2.75) is 193 Å². The highest BCUT2D eigenvalue weighted by Gasteiger charge is 2.29. The Labute approximate surface area is 295 Å². The van der Waals surface area contributed by atoms with Crippen LogP contribution in [0.3, 0.4) is 0 Å². The predicted molar refractivity (Wildman–Crippen MR) is 200 cm³/mol. The number of unbranched alkanes of at least 4 members (excludes halogenated alkanes) is 21. The first-order chi connectivity index (χ1) is 23.6. The molecule has 0 unspecified atom stereocenters. The quantitative estimate of drug-likeness (QED) is 0.0200. The zero-order valence-electron chi connectivity index (χ0n) is 31.2. The van der Waals surface area contributed by atoms with Crippen molar-refractivity contribution >= 4 is 11.9 Å². The van der Waals surface area contributed by atoms with Crippen LogP contribution in [0.25, 0.3) is 0 Å². The Morgan fingerprint density at radius 3 is 1.73 bits per heavy atom. The molecular weight excluding hydrogens is 604 g/mol. The number of carbonyl (C=O) groups excluding carboxylic acids is 1. The summed E-state index contributed by atoms with van der Waals surface area (Å²) < 4.78 is 23.9. The van der Waals surface area contributed by atoms with Crippen LogP contribution in [0.5, 0.6) is 0 Å². The van der Waals surface area contributed by atoms with Gasteiger partial charge >= 0.3 is 0 Å². The highest BCUT2D eigenvalue weighted by Crippen LogP contribution is 2.18. The van der Waals surface area contributed by atoms with Crippen molar-refractivity contribution in [2.75, 3.05) is 33.1 Å². The minimum atomic E-state index is -0.514. The molecule has 9 nitrogen and oxygen atoms in total. The van der Waals surface area contributed by atoms with Crippen LogP contribution in [-0.4, -0.2) is 63.5 Å². The van der Waals surface area contributed by atoms with Crippen LogP contribution in [0.4, 0.5) is 0 Å². The molecule has 1 heterocycles. The van der Waals surface area contributed by atoms with Crippen molar-refractivity contribution in [1.29, 1.82) is 0 Å². The fraction of sp³-hybridized carbons (Fsp3) is 0.897. The van der Waals surface area contributed by atoms with Gasteiger partial charge in [-0.3, -0.25) is 9.79 Å². The number of hydrogen-bond donors (Lipinski definition) is 3. The predicted octanol–water partition coefficient (Wildman–Crippen LogP) is 8.83. The van der Waals surface area contributed by atoms with Gasteiger partial charge in [-0.2, -0.15) is 0 Å². The molecule has 1 amide bonds. The van der Waals surface area contributed by atoms with Gasteiger partial charge in [0.25, 0.3) is 0 Å². The lowest BCUT2D eigenvalue weighted by Gasteiger charge is -2.32. The summed E-state index contributed by atoms with van der Waals surface area (Å²) in [6.07, 6.45) is 33.6. The lowest BCUT2D eigenvalue weighted by Crippen LogP contribution is -2.46. The molecule has 1 rings (SSSR count). The smallest absolute Gasteiger partial charge is 0.220 e. The molecule has 0 aromatic carbocycles. The molecule has 1 aliphatic heterocycles. The van der Waals surface area contributed by atoms with Crippen LogP contribution < -0.4 is 16.8 Å².